The van der Waals surface area contributed by atoms with E-state index in [0.29, 0.717) is 6.04 Å². The van der Waals surface area contributed by atoms with E-state index in [1.165, 1.54) is 0 Å². The lowest BCUT2D eigenvalue weighted by Gasteiger charge is -2.24. The van der Waals surface area contributed by atoms with Crippen molar-refractivity contribution in [2.24, 2.45) is 0 Å². The molecule has 1 N–H and O–H groups in total. The van der Waals surface area contributed by atoms with E-state index in [2.05, 4.69) is 30.4 Å². The lowest BCUT2D eigenvalue weighted by atomic mass is 10.1. The molecular weight excluding hydrogens is 176 g/mol. The molecule has 82 valence electrons. The van der Waals surface area contributed by atoms with E-state index < -0.39 is 0 Å². The molecule has 14 heavy (non-hydrogen) atoms. The number of rotatable bonds is 5. The van der Waals surface area contributed by atoms with Gasteiger partial charge in [0.25, 0.3) is 0 Å². The van der Waals surface area contributed by atoms with Gasteiger partial charge in [0, 0.05) is 0 Å². The summed E-state index contributed by atoms with van der Waals surface area (Å²) in [6, 6.07) is 0.387. The van der Waals surface area contributed by atoms with Crippen LogP contribution in [0.5, 0.6) is 0 Å². The zero-order valence-electron chi connectivity index (χ0n) is 9.55. The van der Waals surface area contributed by atoms with Gasteiger partial charge in [-0.05, 0) is 53.0 Å². The van der Waals surface area contributed by atoms with E-state index in [1.54, 1.807) is 0 Å². The van der Waals surface area contributed by atoms with Crippen LogP contribution >= 0.6 is 0 Å². The molecule has 0 bridgehead atoms. The van der Waals surface area contributed by atoms with Crippen molar-refractivity contribution in [1.29, 1.82) is 0 Å². The molecule has 0 aromatic rings. The molecule has 1 atom stereocenters. The van der Waals surface area contributed by atoms with Gasteiger partial charge < -0.3 is 15.0 Å². The van der Waals surface area contributed by atoms with Gasteiger partial charge in [0.15, 0.2) is 0 Å². The number of nitrogens with one attached hydrogen (secondary N) is 1. The zero-order chi connectivity index (χ0) is 10.4. The molecule has 0 saturated carbocycles. The predicted octanol–water partition coefficient (Wildman–Crippen LogP) is 1.22. The zero-order valence-corrected chi connectivity index (χ0v) is 9.55. The van der Waals surface area contributed by atoms with Crippen LogP contribution in [0.2, 0.25) is 0 Å². The molecule has 3 nitrogen and oxygen atoms in total. The van der Waals surface area contributed by atoms with E-state index in [-0.39, 0.29) is 0 Å². The van der Waals surface area contributed by atoms with Crippen molar-refractivity contribution in [3.63, 3.8) is 0 Å². The second kappa shape index (κ2) is 6.04. The number of likely N-dealkylation sites (N-methyl/N-ethyl adjacent to an activating group) is 1. The summed E-state index contributed by atoms with van der Waals surface area (Å²) in [5.74, 6) is 1.14. The maximum Gasteiger partial charge on any atom is 0.109 e. The third-order valence-corrected chi connectivity index (χ3v) is 2.52. The molecule has 0 radical (unpaired) electrons. The fourth-order valence-corrected chi connectivity index (χ4v) is 1.64. The Bertz CT molecular complexity index is 190. The standard InChI is InChI=1S/C11H22N2O/c1-12-10(7-8-13(2)3)11-6-4-5-9-14-11/h6,10,12H,4-5,7-9H2,1-3H3. The first-order valence-corrected chi connectivity index (χ1v) is 5.39. The van der Waals surface area contributed by atoms with E-state index in [4.69, 9.17) is 4.74 Å². The molecule has 1 rings (SSSR count). The van der Waals surface area contributed by atoms with Crippen LogP contribution in [-0.4, -0.2) is 45.2 Å². The molecule has 0 aromatic heterocycles. The Morgan fingerprint density at radius 3 is 2.86 bits per heavy atom. The first-order chi connectivity index (χ1) is 6.74. The second-order valence-electron chi connectivity index (χ2n) is 4.03. The first kappa shape index (κ1) is 11.5. The topological polar surface area (TPSA) is 24.5 Å². The van der Waals surface area contributed by atoms with Crippen molar-refractivity contribution in [1.82, 2.24) is 10.2 Å². The molecule has 0 amide bonds. The number of allylic oxidation sites excluding steroid dienone is 1. The second-order valence-corrected chi connectivity index (χ2v) is 4.03. The van der Waals surface area contributed by atoms with Gasteiger partial charge in [0.1, 0.15) is 5.76 Å². The maximum absolute atomic E-state index is 5.64. The van der Waals surface area contributed by atoms with Crippen LogP contribution < -0.4 is 5.32 Å². The highest BCUT2D eigenvalue weighted by Gasteiger charge is 2.15. The van der Waals surface area contributed by atoms with Crippen LogP contribution in [-0.2, 0) is 4.74 Å². The third kappa shape index (κ3) is 3.68. The summed E-state index contributed by atoms with van der Waals surface area (Å²) in [4.78, 5) is 2.20. The summed E-state index contributed by atoms with van der Waals surface area (Å²) < 4.78 is 5.64. The van der Waals surface area contributed by atoms with E-state index in [0.717, 1.165) is 38.2 Å². The van der Waals surface area contributed by atoms with Crippen LogP contribution in [0.4, 0.5) is 0 Å². The Kier molecular flexibility index (Phi) is 4.98. The largest absolute Gasteiger partial charge is 0.497 e. The Morgan fingerprint density at radius 1 is 1.57 bits per heavy atom. The van der Waals surface area contributed by atoms with Crippen LogP contribution in [0.1, 0.15) is 19.3 Å². The van der Waals surface area contributed by atoms with Gasteiger partial charge in [-0.1, -0.05) is 0 Å². The Balaban J connectivity index is 2.39. The molecule has 1 heterocycles. The average Bonchev–Trinajstić information content (AvgIpc) is 2.20. The van der Waals surface area contributed by atoms with Gasteiger partial charge in [0.2, 0.25) is 0 Å². The van der Waals surface area contributed by atoms with Gasteiger partial charge in [0.05, 0.1) is 12.6 Å². The van der Waals surface area contributed by atoms with Crippen LogP contribution in [0.15, 0.2) is 11.8 Å². The van der Waals surface area contributed by atoms with Crippen molar-refractivity contribution in [3.05, 3.63) is 11.8 Å². The molecule has 0 saturated heterocycles. The molecular formula is C11H22N2O. The predicted molar refractivity (Wildman–Crippen MR) is 59.3 cm³/mol. The van der Waals surface area contributed by atoms with Gasteiger partial charge in [-0.2, -0.15) is 0 Å². The Labute approximate surface area is 87.1 Å². The minimum atomic E-state index is 0.387. The Morgan fingerprint density at radius 2 is 2.36 bits per heavy atom. The lowest BCUT2D eigenvalue weighted by molar-refractivity contribution is 0.164. The van der Waals surface area contributed by atoms with E-state index in [1.807, 2.05) is 7.05 Å². The summed E-state index contributed by atoms with van der Waals surface area (Å²) in [6.45, 7) is 1.97. The van der Waals surface area contributed by atoms with Crippen molar-refractivity contribution in [2.75, 3.05) is 34.3 Å². The normalized spacial score (nSPS) is 19.0. The molecule has 0 fully saturated rings. The van der Waals surface area contributed by atoms with Crippen molar-refractivity contribution in [3.8, 4) is 0 Å². The fraction of sp³-hybridized carbons (Fsp3) is 0.818. The fourth-order valence-electron chi connectivity index (χ4n) is 1.64. The van der Waals surface area contributed by atoms with E-state index in [9.17, 15) is 0 Å². The molecule has 1 aliphatic rings. The van der Waals surface area contributed by atoms with Crippen molar-refractivity contribution in [2.45, 2.75) is 25.3 Å². The molecule has 1 unspecified atom stereocenters. The molecule has 0 aliphatic carbocycles. The molecule has 0 aromatic carbocycles. The highest BCUT2D eigenvalue weighted by molar-refractivity contribution is 5.05. The van der Waals surface area contributed by atoms with Crippen LogP contribution in [0, 0.1) is 0 Å². The molecule has 3 heteroatoms. The number of nitrogens with zero attached hydrogens (tertiary/aromatic N) is 1. The van der Waals surface area contributed by atoms with Gasteiger partial charge in [-0.15, -0.1) is 0 Å². The Hall–Kier alpha value is -0.540. The first-order valence-electron chi connectivity index (χ1n) is 5.39. The third-order valence-electron chi connectivity index (χ3n) is 2.52. The summed E-state index contributed by atoms with van der Waals surface area (Å²) in [5, 5.41) is 3.31. The van der Waals surface area contributed by atoms with Gasteiger partial charge in [-0.25, -0.2) is 0 Å². The lowest BCUT2D eigenvalue weighted by Crippen LogP contribution is -2.33. The average molecular weight is 198 g/mol. The van der Waals surface area contributed by atoms with Gasteiger partial charge >= 0.3 is 0 Å². The monoisotopic (exact) mass is 198 g/mol. The molecule has 1 aliphatic heterocycles. The van der Waals surface area contributed by atoms with E-state index >= 15 is 0 Å². The van der Waals surface area contributed by atoms with Crippen LogP contribution in [0.25, 0.3) is 0 Å². The SMILES string of the molecule is CNC(CCN(C)C)C1=CCCCO1. The van der Waals surface area contributed by atoms with Crippen molar-refractivity contribution >= 4 is 0 Å². The van der Waals surface area contributed by atoms with Crippen LogP contribution in [0.3, 0.4) is 0 Å². The summed E-state index contributed by atoms with van der Waals surface area (Å²) in [6.07, 6.45) is 5.65. The van der Waals surface area contributed by atoms with Crippen molar-refractivity contribution < 1.29 is 4.74 Å². The summed E-state index contributed by atoms with van der Waals surface area (Å²) >= 11 is 0. The smallest absolute Gasteiger partial charge is 0.109 e. The maximum atomic E-state index is 5.64. The molecule has 0 spiro atoms. The highest BCUT2D eigenvalue weighted by atomic mass is 16.5. The number of hydrogen-bond donors (Lipinski definition) is 1. The highest BCUT2D eigenvalue weighted by Crippen LogP contribution is 2.15. The summed E-state index contributed by atoms with van der Waals surface area (Å²) in [5.41, 5.74) is 0. The minimum absolute atomic E-state index is 0.387. The quantitative estimate of drug-likeness (QED) is 0.719. The number of hydrogen-bond acceptors (Lipinski definition) is 3. The minimum Gasteiger partial charge on any atom is -0.497 e. The number of ether oxygens (including phenoxy) is 1. The summed E-state index contributed by atoms with van der Waals surface area (Å²) in [7, 11) is 6.20. The van der Waals surface area contributed by atoms with Gasteiger partial charge in [-0.3, -0.25) is 0 Å².